The van der Waals surface area contributed by atoms with Crippen molar-refractivity contribution in [3.63, 3.8) is 0 Å². The summed E-state index contributed by atoms with van der Waals surface area (Å²) < 4.78 is 26.3. The summed E-state index contributed by atoms with van der Waals surface area (Å²) in [4.78, 5) is 27.8. The highest BCUT2D eigenvalue weighted by Gasteiger charge is 2.28. The first-order valence-electron chi connectivity index (χ1n) is 11.8. The summed E-state index contributed by atoms with van der Waals surface area (Å²) in [7, 11) is -3.51. The Morgan fingerprint density at radius 3 is 2.24 bits per heavy atom. The Hall–Kier alpha value is -2.87. The first kappa shape index (κ1) is 27.4. The number of hydrogen-bond acceptors (Lipinski definition) is 4. The standard InChI is InChI=1S/C26H37N3O4S/c1-5-18-27-26(31)23(6-2)28(20-22-14-8-7-9-15-22)25(30)17-12-19-29(34(4,32)33)24-16-11-10-13-21(24)3/h7-11,13-16,23H,5-6,12,17-20H2,1-4H3,(H,27,31). The van der Waals surface area contributed by atoms with Gasteiger partial charge in [0, 0.05) is 26.1 Å². The topological polar surface area (TPSA) is 86.8 Å². The van der Waals surface area contributed by atoms with E-state index < -0.39 is 16.1 Å². The summed E-state index contributed by atoms with van der Waals surface area (Å²) in [6.07, 6.45) is 2.97. The number of nitrogens with zero attached hydrogens (tertiary/aromatic N) is 2. The van der Waals surface area contributed by atoms with E-state index in [2.05, 4.69) is 5.32 Å². The summed E-state index contributed by atoms with van der Waals surface area (Å²) in [5, 5.41) is 2.91. The Balaban J connectivity index is 2.18. The van der Waals surface area contributed by atoms with Crippen molar-refractivity contribution in [2.45, 2.75) is 59.0 Å². The number of amides is 2. The zero-order valence-electron chi connectivity index (χ0n) is 20.7. The average molecular weight is 488 g/mol. The third-order valence-electron chi connectivity index (χ3n) is 5.67. The average Bonchev–Trinajstić information content (AvgIpc) is 2.80. The third-order valence-corrected chi connectivity index (χ3v) is 6.85. The molecule has 1 N–H and O–H groups in total. The molecule has 2 amide bonds. The molecule has 186 valence electrons. The number of rotatable bonds is 13. The largest absolute Gasteiger partial charge is 0.354 e. The number of para-hydroxylation sites is 1. The van der Waals surface area contributed by atoms with E-state index in [-0.39, 0.29) is 24.8 Å². The van der Waals surface area contributed by atoms with Gasteiger partial charge in [0.25, 0.3) is 0 Å². The molecule has 0 aliphatic carbocycles. The van der Waals surface area contributed by atoms with E-state index in [1.54, 1.807) is 17.0 Å². The highest BCUT2D eigenvalue weighted by Crippen LogP contribution is 2.23. The molecule has 0 heterocycles. The number of sulfonamides is 1. The van der Waals surface area contributed by atoms with Crippen LogP contribution in [0.15, 0.2) is 54.6 Å². The molecule has 0 aliphatic heterocycles. The SMILES string of the molecule is CCCNC(=O)C(CC)N(Cc1ccccc1)C(=O)CCCN(c1ccccc1C)S(C)(=O)=O. The first-order valence-corrected chi connectivity index (χ1v) is 13.7. The van der Waals surface area contributed by atoms with Gasteiger partial charge in [-0.1, -0.05) is 62.4 Å². The molecule has 7 nitrogen and oxygen atoms in total. The van der Waals surface area contributed by atoms with Crippen molar-refractivity contribution in [1.29, 1.82) is 0 Å². The minimum absolute atomic E-state index is 0.141. The Bertz CT molecular complexity index is 1040. The maximum Gasteiger partial charge on any atom is 0.242 e. The van der Waals surface area contributed by atoms with Gasteiger partial charge in [-0.3, -0.25) is 13.9 Å². The van der Waals surface area contributed by atoms with Crippen LogP contribution in [0, 0.1) is 6.92 Å². The second-order valence-corrected chi connectivity index (χ2v) is 10.4. The zero-order chi connectivity index (χ0) is 25.1. The molecule has 1 unspecified atom stereocenters. The summed E-state index contributed by atoms with van der Waals surface area (Å²) in [6, 6.07) is 16.3. The molecule has 0 aliphatic rings. The number of carbonyl (C=O) groups is 2. The molecule has 0 saturated heterocycles. The van der Waals surface area contributed by atoms with Gasteiger partial charge in [-0.15, -0.1) is 0 Å². The van der Waals surface area contributed by atoms with Crippen LogP contribution in [0.1, 0.15) is 50.7 Å². The summed E-state index contributed by atoms with van der Waals surface area (Å²) in [5.41, 5.74) is 2.41. The number of carbonyl (C=O) groups excluding carboxylic acids is 2. The fourth-order valence-electron chi connectivity index (χ4n) is 3.89. The van der Waals surface area contributed by atoms with E-state index >= 15 is 0 Å². The predicted molar refractivity (Wildman–Crippen MR) is 137 cm³/mol. The predicted octanol–water partition coefficient (Wildman–Crippen LogP) is 3.87. The second-order valence-electron chi connectivity index (χ2n) is 8.45. The maximum atomic E-state index is 13.3. The molecule has 2 rings (SSSR count). The molecule has 1 atom stereocenters. The van der Waals surface area contributed by atoms with Gasteiger partial charge in [0.2, 0.25) is 21.8 Å². The van der Waals surface area contributed by atoms with Gasteiger partial charge in [0.1, 0.15) is 6.04 Å². The van der Waals surface area contributed by atoms with E-state index in [4.69, 9.17) is 0 Å². The molecular formula is C26H37N3O4S. The van der Waals surface area contributed by atoms with Gasteiger partial charge in [-0.25, -0.2) is 8.42 Å². The van der Waals surface area contributed by atoms with Crippen molar-refractivity contribution >= 4 is 27.5 Å². The van der Waals surface area contributed by atoms with Crippen molar-refractivity contribution in [2.75, 3.05) is 23.7 Å². The van der Waals surface area contributed by atoms with Crippen molar-refractivity contribution in [2.24, 2.45) is 0 Å². The molecule has 2 aromatic rings. The van der Waals surface area contributed by atoms with Gasteiger partial charge in [0.15, 0.2) is 0 Å². The lowest BCUT2D eigenvalue weighted by Gasteiger charge is -2.31. The molecule has 34 heavy (non-hydrogen) atoms. The fraction of sp³-hybridized carbons (Fsp3) is 0.462. The monoisotopic (exact) mass is 487 g/mol. The zero-order valence-corrected chi connectivity index (χ0v) is 21.5. The van der Waals surface area contributed by atoms with Gasteiger partial charge >= 0.3 is 0 Å². The number of nitrogens with one attached hydrogen (secondary N) is 1. The van der Waals surface area contributed by atoms with Crippen molar-refractivity contribution in [3.8, 4) is 0 Å². The van der Waals surface area contributed by atoms with Crippen LogP contribution in [-0.4, -0.2) is 50.5 Å². The molecule has 0 aromatic heterocycles. The molecular weight excluding hydrogens is 450 g/mol. The Labute approximate surface area is 204 Å². The quantitative estimate of drug-likeness (QED) is 0.465. The van der Waals surface area contributed by atoms with Crippen molar-refractivity contribution in [3.05, 3.63) is 65.7 Å². The minimum Gasteiger partial charge on any atom is -0.354 e. The highest BCUT2D eigenvalue weighted by atomic mass is 32.2. The smallest absolute Gasteiger partial charge is 0.242 e. The van der Waals surface area contributed by atoms with E-state index in [0.29, 0.717) is 31.6 Å². The van der Waals surface area contributed by atoms with Crippen LogP contribution < -0.4 is 9.62 Å². The Morgan fingerprint density at radius 2 is 1.65 bits per heavy atom. The number of benzene rings is 2. The molecule has 0 radical (unpaired) electrons. The summed E-state index contributed by atoms with van der Waals surface area (Å²) in [5.74, 6) is -0.327. The van der Waals surface area contributed by atoms with Gasteiger partial charge in [0.05, 0.1) is 11.9 Å². The lowest BCUT2D eigenvalue weighted by atomic mass is 10.1. The van der Waals surface area contributed by atoms with Crippen LogP contribution >= 0.6 is 0 Å². The molecule has 0 bridgehead atoms. The van der Waals surface area contributed by atoms with E-state index in [1.807, 2.05) is 63.2 Å². The van der Waals surface area contributed by atoms with E-state index in [9.17, 15) is 18.0 Å². The molecule has 0 fully saturated rings. The Kier molecular flexibility index (Phi) is 10.6. The number of anilines is 1. The lowest BCUT2D eigenvalue weighted by molar-refractivity contribution is -0.141. The minimum atomic E-state index is -3.51. The summed E-state index contributed by atoms with van der Waals surface area (Å²) in [6.45, 7) is 6.81. The van der Waals surface area contributed by atoms with Crippen LogP contribution in [-0.2, 0) is 26.2 Å². The first-order chi connectivity index (χ1) is 16.2. The molecule has 0 saturated carbocycles. The lowest BCUT2D eigenvalue weighted by Crippen LogP contribution is -2.49. The van der Waals surface area contributed by atoms with Crippen LogP contribution in [0.2, 0.25) is 0 Å². The van der Waals surface area contributed by atoms with Crippen molar-refractivity contribution in [1.82, 2.24) is 10.2 Å². The van der Waals surface area contributed by atoms with Crippen LogP contribution in [0.25, 0.3) is 0 Å². The summed E-state index contributed by atoms with van der Waals surface area (Å²) >= 11 is 0. The van der Waals surface area contributed by atoms with Crippen LogP contribution in [0.3, 0.4) is 0 Å². The van der Waals surface area contributed by atoms with Crippen LogP contribution in [0.4, 0.5) is 5.69 Å². The molecule has 0 spiro atoms. The number of hydrogen-bond donors (Lipinski definition) is 1. The number of aryl methyl sites for hydroxylation is 1. The third kappa shape index (κ3) is 7.87. The van der Waals surface area contributed by atoms with E-state index in [0.717, 1.165) is 17.5 Å². The Morgan fingerprint density at radius 1 is 1.00 bits per heavy atom. The normalized spacial score (nSPS) is 12.1. The fourth-order valence-corrected chi connectivity index (χ4v) is 4.91. The van der Waals surface area contributed by atoms with Gasteiger partial charge < -0.3 is 10.2 Å². The van der Waals surface area contributed by atoms with Gasteiger partial charge in [-0.2, -0.15) is 0 Å². The maximum absolute atomic E-state index is 13.3. The van der Waals surface area contributed by atoms with Gasteiger partial charge in [-0.05, 0) is 43.4 Å². The molecule has 8 heteroatoms. The van der Waals surface area contributed by atoms with Crippen LogP contribution in [0.5, 0.6) is 0 Å². The van der Waals surface area contributed by atoms with Crippen molar-refractivity contribution < 1.29 is 18.0 Å². The highest BCUT2D eigenvalue weighted by molar-refractivity contribution is 7.92. The molecule has 2 aromatic carbocycles. The second kappa shape index (κ2) is 13.1. The van der Waals surface area contributed by atoms with E-state index in [1.165, 1.54) is 10.6 Å².